The highest BCUT2D eigenvalue weighted by atomic mass is 31.2. The van der Waals surface area contributed by atoms with E-state index in [1.54, 1.807) is 0 Å². The van der Waals surface area contributed by atoms with Gasteiger partial charge in [0.05, 0.1) is 6.61 Å². The van der Waals surface area contributed by atoms with Crippen molar-refractivity contribution < 1.29 is 37.6 Å². The standard InChI is InChI=1S/C40H77O8P/c1-4-6-8-10-12-14-16-18-19-20-21-23-25-27-29-31-33-35-40(42)48-38(37-47-49(43,44)45-3)36-46-39(41)34-32-30-28-26-24-22-17-15-13-11-9-7-5-2/h18-19,38H,4-17,20-37H2,1-3H3,(H,43,44)/b19-18-. The highest BCUT2D eigenvalue weighted by Crippen LogP contribution is 2.42. The van der Waals surface area contributed by atoms with Crippen molar-refractivity contribution in [3.8, 4) is 0 Å². The van der Waals surface area contributed by atoms with Crippen LogP contribution in [0.15, 0.2) is 12.2 Å². The summed E-state index contributed by atoms with van der Waals surface area (Å²) >= 11 is 0. The third-order valence-corrected chi connectivity index (χ3v) is 9.95. The van der Waals surface area contributed by atoms with E-state index in [1.807, 2.05) is 0 Å². The maximum Gasteiger partial charge on any atom is 0.472 e. The van der Waals surface area contributed by atoms with Gasteiger partial charge in [0.15, 0.2) is 6.10 Å². The van der Waals surface area contributed by atoms with Gasteiger partial charge in [-0.15, -0.1) is 0 Å². The molecule has 0 saturated carbocycles. The molecule has 0 aromatic carbocycles. The molecule has 8 nitrogen and oxygen atoms in total. The lowest BCUT2D eigenvalue weighted by atomic mass is 10.0. The average molecular weight is 717 g/mol. The van der Waals surface area contributed by atoms with E-state index in [9.17, 15) is 19.0 Å². The Bertz CT molecular complexity index is 818. The Morgan fingerprint density at radius 1 is 0.551 bits per heavy atom. The number of carbonyl (C=O) groups is 2. The van der Waals surface area contributed by atoms with Crippen molar-refractivity contribution in [2.75, 3.05) is 20.3 Å². The monoisotopic (exact) mass is 717 g/mol. The lowest BCUT2D eigenvalue weighted by Gasteiger charge is -2.19. The first-order valence-electron chi connectivity index (χ1n) is 20.4. The molecule has 0 amide bonds. The van der Waals surface area contributed by atoms with E-state index in [2.05, 4.69) is 30.5 Å². The van der Waals surface area contributed by atoms with Gasteiger partial charge in [-0.25, -0.2) is 4.57 Å². The van der Waals surface area contributed by atoms with Gasteiger partial charge >= 0.3 is 19.8 Å². The minimum absolute atomic E-state index is 0.221. The van der Waals surface area contributed by atoms with Crippen molar-refractivity contribution in [3.05, 3.63) is 12.2 Å². The number of phosphoric acid groups is 1. The molecule has 2 atom stereocenters. The van der Waals surface area contributed by atoms with Gasteiger partial charge in [0.1, 0.15) is 6.61 Å². The summed E-state index contributed by atoms with van der Waals surface area (Å²) in [5.41, 5.74) is 0. The first kappa shape index (κ1) is 47.8. The van der Waals surface area contributed by atoms with Crippen LogP contribution in [0.4, 0.5) is 0 Å². The number of esters is 2. The molecule has 1 N–H and O–H groups in total. The van der Waals surface area contributed by atoms with Crippen molar-refractivity contribution in [3.63, 3.8) is 0 Å². The molecule has 0 aliphatic rings. The highest BCUT2D eigenvalue weighted by molar-refractivity contribution is 7.47. The first-order valence-corrected chi connectivity index (χ1v) is 21.9. The molecule has 290 valence electrons. The largest absolute Gasteiger partial charge is 0.472 e. The van der Waals surface area contributed by atoms with Gasteiger partial charge in [0, 0.05) is 20.0 Å². The second kappa shape index (κ2) is 36.6. The van der Waals surface area contributed by atoms with Crippen LogP contribution in [0.3, 0.4) is 0 Å². The molecule has 0 rings (SSSR count). The zero-order valence-electron chi connectivity index (χ0n) is 32.1. The SMILES string of the molecule is CCCCCCCC/C=C\CCCCCCCCCC(=O)OC(COC(=O)CCCCCCCCCCCCCCC)COP(=O)(O)OC. The second-order valence-corrected chi connectivity index (χ2v) is 15.3. The number of hydrogen-bond donors (Lipinski definition) is 1. The number of ether oxygens (including phenoxy) is 2. The van der Waals surface area contributed by atoms with Crippen LogP contribution in [-0.4, -0.2) is 43.3 Å². The molecule has 0 aliphatic carbocycles. The van der Waals surface area contributed by atoms with Crippen molar-refractivity contribution in [1.29, 1.82) is 0 Å². The molecular weight excluding hydrogens is 639 g/mol. The summed E-state index contributed by atoms with van der Waals surface area (Å²) in [6, 6.07) is 0. The van der Waals surface area contributed by atoms with Gasteiger partial charge in [-0.05, 0) is 38.5 Å². The Morgan fingerprint density at radius 3 is 1.33 bits per heavy atom. The zero-order chi connectivity index (χ0) is 36.1. The fourth-order valence-corrected chi connectivity index (χ4v) is 6.29. The number of allylic oxidation sites excluding steroid dienone is 2. The van der Waals surface area contributed by atoms with Crippen LogP contribution in [0, 0.1) is 0 Å². The fourth-order valence-electron chi connectivity index (χ4n) is 5.83. The third-order valence-electron chi connectivity index (χ3n) is 9.01. The number of carbonyl (C=O) groups excluding carboxylic acids is 2. The van der Waals surface area contributed by atoms with Crippen molar-refractivity contribution in [2.24, 2.45) is 0 Å². The molecule has 0 fully saturated rings. The maximum atomic E-state index is 12.5. The molecule has 0 aliphatic heterocycles. The van der Waals surface area contributed by atoms with E-state index in [0.717, 1.165) is 52.1 Å². The lowest BCUT2D eigenvalue weighted by Crippen LogP contribution is -2.29. The summed E-state index contributed by atoms with van der Waals surface area (Å²) < 4.78 is 31.9. The van der Waals surface area contributed by atoms with Crippen molar-refractivity contribution in [2.45, 2.75) is 213 Å². The molecule has 0 radical (unpaired) electrons. The van der Waals surface area contributed by atoms with Gasteiger partial charge < -0.3 is 14.4 Å². The average Bonchev–Trinajstić information content (AvgIpc) is 3.09. The summed E-state index contributed by atoms with van der Waals surface area (Å²) in [7, 11) is -3.19. The molecule has 49 heavy (non-hydrogen) atoms. The van der Waals surface area contributed by atoms with E-state index in [4.69, 9.17) is 14.0 Å². The van der Waals surface area contributed by atoms with Crippen LogP contribution >= 0.6 is 7.82 Å². The van der Waals surface area contributed by atoms with Crippen LogP contribution < -0.4 is 0 Å². The van der Waals surface area contributed by atoms with Crippen LogP contribution in [0.1, 0.15) is 206 Å². The summed E-state index contributed by atoms with van der Waals surface area (Å²) in [4.78, 5) is 34.4. The topological polar surface area (TPSA) is 108 Å². The molecule has 0 bridgehead atoms. The quantitative estimate of drug-likeness (QED) is 0.0291. The molecule has 0 aromatic rings. The Balaban J connectivity index is 4.00. The van der Waals surface area contributed by atoms with Gasteiger partial charge in [-0.2, -0.15) is 0 Å². The van der Waals surface area contributed by atoms with E-state index >= 15 is 0 Å². The summed E-state index contributed by atoms with van der Waals surface area (Å²) in [6.07, 6.45) is 38.3. The molecule has 0 saturated heterocycles. The van der Waals surface area contributed by atoms with Gasteiger partial charge in [-0.3, -0.25) is 18.6 Å². The molecule has 2 unspecified atom stereocenters. The highest BCUT2D eigenvalue weighted by Gasteiger charge is 2.24. The Hall–Kier alpha value is -1.21. The van der Waals surface area contributed by atoms with Crippen LogP contribution in [0.25, 0.3) is 0 Å². The third kappa shape index (κ3) is 36.4. The molecule has 9 heteroatoms. The molecular formula is C40H77O8P. The smallest absolute Gasteiger partial charge is 0.462 e. The molecule has 0 aromatic heterocycles. The van der Waals surface area contributed by atoms with Crippen molar-refractivity contribution in [1.82, 2.24) is 0 Å². The zero-order valence-corrected chi connectivity index (χ0v) is 33.0. The van der Waals surface area contributed by atoms with Gasteiger partial charge in [0.25, 0.3) is 0 Å². The number of phosphoric ester groups is 1. The molecule has 0 heterocycles. The predicted octanol–water partition coefficient (Wildman–Crippen LogP) is 12.5. The van der Waals surface area contributed by atoms with Gasteiger partial charge in [-0.1, -0.05) is 167 Å². The summed E-state index contributed by atoms with van der Waals surface area (Å²) in [5.74, 6) is -0.800. The Kier molecular flexibility index (Phi) is 35.7. The lowest BCUT2D eigenvalue weighted by molar-refractivity contribution is -0.161. The Labute approximate surface area is 301 Å². The first-order chi connectivity index (χ1) is 23.8. The number of rotatable bonds is 38. The molecule has 0 spiro atoms. The second-order valence-electron chi connectivity index (χ2n) is 13.8. The van der Waals surface area contributed by atoms with Gasteiger partial charge in [0.2, 0.25) is 0 Å². The summed E-state index contributed by atoms with van der Waals surface area (Å²) in [5, 5.41) is 0. The maximum absolute atomic E-state index is 12.5. The Morgan fingerprint density at radius 2 is 0.918 bits per heavy atom. The predicted molar refractivity (Wildman–Crippen MR) is 203 cm³/mol. The number of hydrogen-bond acceptors (Lipinski definition) is 7. The summed E-state index contributed by atoms with van der Waals surface area (Å²) in [6.45, 7) is 3.89. The van der Waals surface area contributed by atoms with Crippen LogP contribution in [0.2, 0.25) is 0 Å². The fraction of sp³-hybridized carbons (Fsp3) is 0.900. The minimum atomic E-state index is -4.25. The van der Waals surface area contributed by atoms with Crippen LogP contribution in [0.5, 0.6) is 0 Å². The van der Waals surface area contributed by atoms with Crippen molar-refractivity contribution >= 4 is 19.8 Å². The normalized spacial score (nSPS) is 13.5. The van der Waals surface area contributed by atoms with E-state index in [-0.39, 0.29) is 19.0 Å². The van der Waals surface area contributed by atoms with E-state index in [1.165, 1.54) is 128 Å². The van der Waals surface area contributed by atoms with E-state index < -0.39 is 26.5 Å². The minimum Gasteiger partial charge on any atom is -0.462 e. The number of unbranched alkanes of at least 4 members (excludes halogenated alkanes) is 25. The van der Waals surface area contributed by atoms with Crippen LogP contribution in [-0.2, 0) is 32.7 Å². The van der Waals surface area contributed by atoms with E-state index in [0.29, 0.717) is 12.8 Å².